The van der Waals surface area contributed by atoms with E-state index in [0.717, 1.165) is 12.0 Å². The van der Waals surface area contributed by atoms with Crippen LogP contribution in [0.1, 0.15) is 67.7 Å². The van der Waals surface area contributed by atoms with Crippen LogP contribution in [0.5, 0.6) is 0 Å². The normalized spacial score (nSPS) is 40.6. The number of allylic oxidation sites excluding steroid dienone is 1. The Bertz CT molecular complexity index is 1020. The van der Waals surface area contributed by atoms with Crippen LogP contribution in [0, 0.1) is 35.5 Å². The molecule has 0 aromatic carbocycles. The lowest BCUT2D eigenvalue weighted by Gasteiger charge is -2.53. The zero-order valence-corrected chi connectivity index (χ0v) is 28.1. The van der Waals surface area contributed by atoms with Crippen molar-refractivity contribution in [1.82, 2.24) is 0 Å². The number of esters is 1. The molecular weight excluding hydrogens is 544 g/mol. The van der Waals surface area contributed by atoms with E-state index < -0.39 is 26.1 Å². The summed E-state index contributed by atoms with van der Waals surface area (Å²) >= 11 is 6.08. The number of rotatable bonds is 5. The smallest absolute Gasteiger partial charge is 0.314 e. The molecule has 40 heavy (non-hydrogen) atoms. The average Bonchev–Trinajstić information content (AvgIpc) is 3.58. The highest BCUT2D eigenvalue weighted by Gasteiger charge is 2.55. The molecule has 0 aromatic rings. The molecule has 226 valence electrons. The summed E-state index contributed by atoms with van der Waals surface area (Å²) in [5, 5.41) is 0.185. The molecule has 0 unspecified atom stereocenters. The first kappa shape index (κ1) is 33.4. The summed E-state index contributed by atoms with van der Waals surface area (Å²) in [4.78, 5) is 13.7. The molecule has 6 nitrogen and oxygen atoms in total. The van der Waals surface area contributed by atoms with Crippen molar-refractivity contribution in [3.8, 4) is 11.8 Å². The number of fused-ring (bicyclic) bond motifs is 2. The summed E-state index contributed by atoms with van der Waals surface area (Å²) in [6.45, 7) is 19.5. The van der Waals surface area contributed by atoms with Crippen molar-refractivity contribution in [2.45, 2.75) is 121 Å². The summed E-state index contributed by atoms with van der Waals surface area (Å²) in [5.74, 6) is 4.28. The van der Waals surface area contributed by atoms with Crippen molar-refractivity contribution in [3.63, 3.8) is 0 Å². The summed E-state index contributed by atoms with van der Waals surface area (Å²) in [7, 11) is 1.21. The maximum absolute atomic E-state index is 13.7. The van der Waals surface area contributed by atoms with E-state index in [9.17, 15) is 4.79 Å². The van der Waals surface area contributed by atoms with Crippen molar-refractivity contribution in [2.75, 3.05) is 14.2 Å². The molecule has 2 bridgehead atoms. The lowest BCUT2D eigenvalue weighted by atomic mass is 9.78. The van der Waals surface area contributed by atoms with Gasteiger partial charge in [-0.2, -0.15) is 0 Å². The Morgan fingerprint density at radius 3 is 2.38 bits per heavy atom. The molecule has 1 saturated carbocycles. The van der Waals surface area contributed by atoms with Crippen molar-refractivity contribution >= 4 is 25.9 Å². The summed E-state index contributed by atoms with van der Waals surface area (Å²) in [6.07, 6.45) is 6.57. The molecule has 0 amide bonds. The maximum atomic E-state index is 13.7. The van der Waals surface area contributed by atoms with Gasteiger partial charge in [0.1, 0.15) is 12.0 Å². The van der Waals surface area contributed by atoms with Crippen LogP contribution in [0.3, 0.4) is 0 Å². The zero-order chi connectivity index (χ0) is 30.0. The van der Waals surface area contributed by atoms with Crippen LogP contribution < -0.4 is 0 Å². The number of alkyl halides is 1. The Balaban J connectivity index is 2.01. The van der Waals surface area contributed by atoms with Crippen molar-refractivity contribution in [2.24, 2.45) is 23.7 Å². The third kappa shape index (κ3) is 7.62. The Kier molecular flexibility index (Phi) is 10.9. The number of ether oxygens (including phenoxy) is 4. The maximum Gasteiger partial charge on any atom is 0.314 e. The number of halogens is 1. The number of hydrogen-bond donors (Lipinski definition) is 0. The van der Waals surface area contributed by atoms with E-state index in [0.29, 0.717) is 12.8 Å². The third-order valence-electron chi connectivity index (χ3n) is 9.46. The van der Waals surface area contributed by atoms with E-state index in [1.54, 1.807) is 20.3 Å². The number of hydrogen-bond acceptors (Lipinski definition) is 6. The molecule has 0 radical (unpaired) electrons. The molecule has 10 atom stereocenters. The molecule has 3 aliphatic rings. The van der Waals surface area contributed by atoms with Crippen LogP contribution in [-0.2, 0) is 28.2 Å². The van der Waals surface area contributed by atoms with Crippen LogP contribution in [0.2, 0.25) is 18.1 Å². The second-order valence-electron chi connectivity index (χ2n) is 13.6. The molecule has 2 fully saturated rings. The van der Waals surface area contributed by atoms with Gasteiger partial charge in [-0.05, 0) is 50.6 Å². The lowest BCUT2D eigenvalue weighted by Crippen LogP contribution is -2.61. The highest BCUT2D eigenvalue weighted by Crippen LogP contribution is 2.47. The summed E-state index contributed by atoms with van der Waals surface area (Å²) in [6, 6.07) is 0. The molecule has 0 aromatic heterocycles. The van der Waals surface area contributed by atoms with Gasteiger partial charge in [-0.15, -0.1) is 11.6 Å². The highest BCUT2D eigenvalue weighted by molar-refractivity contribution is 6.74. The SMILES string of the molecule is CO[C@@H]1/C=C(\C)C[C@H](/C=C/C#C[C@H]2C[C@@H]2Cl)OC(=O)[C@@H](C)[C@]2(OC)C[C@H](O[Si](C)(C)C(C)(C)C)[C@@H](C)[C@@H](O2)[C@@H]1C. The van der Waals surface area contributed by atoms with Crippen LogP contribution >= 0.6 is 11.6 Å². The Morgan fingerprint density at radius 1 is 1.18 bits per heavy atom. The van der Waals surface area contributed by atoms with Gasteiger partial charge >= 0.3 is 5.97 Å². The first-order valence-electron chi connectivity index (χ1n) is 14.7. The minimum atomic E-state index is -2.13. The fourth-order valence-electron chi connectivity index (χ4n) is 5.43. The fourth-order valence-corrected chi connectivity index (χ4v) is 7.10. The largest absolute Gasteiger partial charge is 0.457 e. The van der Waals surface area contributed by atoms with E-state index >= 15 is 0 Å². The topological polar surface area (TPSA) is 63.2 Å². The minimum absolute atomic E-state index is 0.0140. The fraction of sp³-hybridized carbons (Fsp3) is 0.781. The zero-order valence-electron chi connectivity index (χ0n) is 26.4. The predicted octanol–water partition coefficient (Wildman–Crippen LogP) is 6.88. The summed E-state index contributed by atoms with van der Waals surface area (Å²) < 4.78 is 32.1. The molecule has 2 heterocycles. The molecule has 0 spiro atoms. The molecule has 0 N–H and O–H groups in total. The second kappa shape index (κ2) is 13.0. The van der Waals surface area contributed by atoms with E-state index in [1.165, 1.54) is 0 Å². The van der Waals surface area contributed by atoms with Gasteiger partial charge < -0.3 is 23.4 Å². The van der Waals surface area contributed by atoms with E-state index in [1.807, 2.05) is 19.9 Å². The van der Waals surface area contributed by atoms with Crippen LogP contribution in [0.15, 0.2) is 23.8 Å². The van der Waals surface area contributed by atoms with Gasteiger partial charge in [-0.1, -0.05) is 58.1 Å². The van der Waals surface area contributed by atoms with E-state index in [2.05, 4.69) is 65.6 Å². The molecule has 1 saturated heterocycles. The minimum Gasteiger partial charge on any atom is -0.457 e. The number of methoxy groups -OCH3 is 2. The Labute approximate surface area is 248 Å². The number of cyclic esters (lactones) is 1. The van der Waals surface area contributed by atoms with Gasteiger partial charge in [-0.25, -0.2) is 0 Å². The van der Waals surface area contributed by atoms with Crippen LogP contribution in [0.4, 0.5) is 0 Å². The van der Waals surface area contributed by atoms with Gasteiger partial charge in [0.05, 0.1) is 18.3 Å². The monoisotopic (exact) mass is 594 g/mol. The Hall–Kier alpha value is -1.14. The predicted molar refractivity (Wildman–Crippen MR) is 163 cm³/mol. The first-order valence-corrected chi connectivity index (χ1v) is 18.0. The standard InChI is InChI=1S/C32H51ClO6Si/c1-20-16-25(15-13-12-14-24-18-26(24)33)37-30(34)23(4)32(36-9)19-28(39-40(10,11)31(5,6)7)22(3)29(38-32)21(2)27(17-20)35-8/h13,15,17,21-29H,16,18-19H2,1-11H3/b15-13+,20-17+/t21-,22-,23-,24+,25+,26+,27-,28+,29+,32+/m1/s1. The van der Waals surface area contributed by atoms with E-state index in [4.69, 9.17) is 35.0 Å². The van der Waals surface area contributed by atoms with Gasteiger partial charge in [0.25, 0.3) is 0 Å². The number of carbonyl (C=O) groups is 1. The quantitative estimate of drug-likeness (QED) is 0.114. The molecule has 8 heteroatoms. The van der Waals surface area contributed by atoms with Gasteiger partial charge in [-0.3, -0.25) is 4.79 Å². The first-order chi connectivity index (χ1) is 18.5. The highest BCUT2D eigenvalue weighted by atomic mass is 35.5. The summed E-state index contributed by atoms with van der Waals surface area (Å²) in [5.41, 5.74) is 1.07. The number of carbonyl (C=O) groups excluding carboxylic acids is 1. The lowest BCUT2D eigenvalue weighted by molar-refractivity contribution is -0.327. The van der Waals surface area contributed by atoms with Crippen molar-refractivity contribution < 1.29 is 28.2 Å². The van der Waals surface area contributed by atoms with Gasteiger partial charge in [0.2, 0.25) is 0 Å². The van der Waals surface area contributed by atoms with Crippen molar-refractivity contribution in [3.05, 3.63) is 23.8 Å². The molecular formula is C32H51ClO6Si. The average molecular weight is 595 g/mol. The molecule has 2 aliphatic heterocycles. The van der Waals surface area contributed by atoms with Gasteiger partial charge in [0, 0.05) is 50.2 Å². The van der Waals surface area contributed by atoms with Crippen molar-refractivity contribution in [1.29, 1.82) is 0 Å². The molecule has 1 aliphatic carbocycles. The second-order valence-corrected chi connectivity index (χ2v) is 18.9. The van der Waals surface area contributed by atoms with Crippen LogP contribution in [0.25, 0.3) is 0 Å². The third-order valence-corrected chi connectivity index (χ3v) is 14.4. The van der Waals surface area contributed by atoms with Gasteiger partial charge in [0.15, 0.2) is 14.1 Å². The van der Waals surface area contributed by atoms with Crippen LogP contribution in [-0.4, -0.2) is 64.1 Å². The molecule has 3 rings (SSSR count). The van der Waals surface area contributed by atoms with E-state index in [-0.39, 0.29) is 52.5 Å². The Morgan fingerprint density at radius 2 is 1.82 bits per heavy atom.